The smallest absolute Gasteiger partial charge is 0.358 e. The molecule has 9 nitrogen and oxygen atoms in total. The fourth-order valence-electron chi connectivity index (χ4n) is 5.01. The van der Waals surface area contributed by atoms with Gasteiger partial charge in [-0.3, -0.25) is 9.79 Å². The maximum absolute atomic E-state index is 13.2. The molecule has 0 radical (unpaired) electrons. The molecule has 1 aromatic heterocycles. The van der Waals surface area contributed by atoms with E-state index in [1.807, 2.05) is 54.6 Å². The molecule has 220 valence electrons. The number of allylic oxidation sites excluding steroid dienone is 1. The Morgan fingerprint density at radius 2 is 1.57 bits per heavy atom. The minimum absolute atomic E-state index is 0.189. The zero-order valence-corrected chi connectivity index (χ0v) is 25.2. The van der Waals surface area contributed by atoms with E-state index >= 15 is 0 Å². The number of rotatable bonds is 11. The Kier molecular flexibility index (Phi) is 10.2. The highest BCUT2D eigenvalue weighted by Crippen LogP contribution is 2.41. The van der Waals surface area contributed by atoms with Crippen molar-refractivity contribution in [1.29, 1.82) is 0 Å². The molecule has 0 spiro atoms. The molecule has 10 heteroatoms. The molecule has 0 saturated carbocycles. The fraction of sp³-hybridized carbons (Fsp3) is 0.344. The maximum atomic E-state index is 13.2. The highest BCUT2D eigenvalue weighted by Gasteiger charge is 2.42. The molecule has 1 N–H and O–H groups in total. The highest BCUT2D eigenvalue weighted by molar-refractivity contribution is 7.16. The van der Waals surface area contributed by atoms with Gasteiger partial charge in [-0.15, -0.1) is 11.3 Å². The van der Waals surface area contributed by atoms with E-state index in [-0.39, 0.29) is 25.5 Å². The number of aliphatic imine (C=N–C) groups is 1. The number of hydrogen-bond acceptors (Lipinski definition) is 10. The largest absolute Gasteiger partial charge is 0.465 e. The van der Waals surface area contributed by atoms with Crippen molar-refractivity contribution in [1.82, 2.24) is 4.98 Å². The number of ether oxygens (including phenoxy) is 3. The molecular formula is C32H35N3O6S. The van der Waals surface area contributed by atoms with Gasteiger partial charge in [0.15, 0.2) is 10.8 Å². The number of esters is 3. The molecule has 2 atom stereocenters. The van der Waals surface area contributed by atoms with Crippen LogP contribution in [0.1, 0.15) is 67.0 Å². The Balaban J connectivity index is 1.72. The van der Waals surface area contributed by atoms with Crippen LogP contribution in [0.4, 0.5) is 10.8 Å². The third kappa shape index (κ3) is 6.94. The first-order valence-electron chi connectivity index (χ1n) is 13.9. The van der Waals surface area contributed by atoms with Gasteiger partial charge in [-0.1, -0.05) is 42.5 Å². The Labute approximate surface area is 249 Å². The molecule has 0 bridgehead atoms. The summed E-state index contributed by atoms with van der Waals surface area (Å²) in [4.78, 5) is 48.9. The van der Waals surface area contributed by atoms with Gasteiger partial charge in [0.05, 0.1) is 25.4 Å². The molecule has 2 heterocycles. The van der Waals surface area contributed by atoms with Gasteiger partial charge in [-0.2, -0.15) is 0 Å². The summed E-state index contributed by atoms with van der Waals surface area (Å²) < 4.78 is 16.0. The maximum Gasteiger partial charge on any atom is 0.358 e. The van der Waals surface area contributed by atoms with Crippen LogP contribution in [0.15, 0.2) is 70.9 Å². The molecule has 0 amide bonds. The van der Waals surface area contributed by atoms with Crippen molar-refractivity contribution in [3.05, 3.63) is 87.6 Å². The average molecular weight is 590 g/mol. The highest BCUT2D eigenvalue weighted by atomic mass is 32.1. The van der Waals surface area contributed by atoms with E-state index in [0.717, 1.165) is 10.4 Å². The van der Waals surface area contributed by atoms with Crippen molar-refractivity contribution in [3.63, 3.8) is 0 Å². The number of aromatic nitrogens is 1. The fourth-order valence-corrected chi connectivity index (χ4v) is 6.01. The topological polar surface area (TPSA) is 116 Å². The van der Waals surface area contributed by atoms with Crippen LogP contribution in [0.3, 0.4) is 0 Å². The number of carbonyl (C=O) groups excluding carboxylic acids is 3. The number of thiazole rings is 1. The van der Waals surface area contributed by atoms with Crippen molar-refractivity contribution >= 4 is 45.8 Å². The quantitative estimate of drug-likeness (QED) is 0.207. The number of hydrogen-bond donors (Lipinski definition) is 1. The molecule has 3 aromatic rings. The summed E-state index contributed by atoms with van der Waals surface area (Å²) >= 11 is 1.37. The van der Waals surface area contributed by atoms with Crippen molar-refractivity contribution in [3.8, 4) is 0 Å². The van der Waals surface area contributed by atoms with Crippen LogP contribution in [0.2, 0.25) is 0 Å². The summed E-state index contributed by atoms with van der Waals surface area (Å²) in [5.74, 6) is -2.91. The third-order valence-electron chi connectivity index (χ3n) is 6.73. The predicted octanol–water partition coefficient (Wildman–Crippen LogP) is 6.23. The molecule has 0 saturated heterocycles. The summed E-state index contributed by atoms with van der Waals surface area (Å²) in [6.45, 7) is 9.38. The molecule has 4 rings (SSSR count). The van der Waals surface area contributed by atoms with Gasteiger partial charge in [0.25, 0.3) is 0 Å². The van der Waals surface area contributed by atoms with Gasteiger partial charge in [-0.25, -0.2) is 14.6 Å². The second kappa shape index (κ2) is 14.0. The van der Waals surface area contributed by atoms with Crippen molar-refractivity contribution in [2.75, 3.05) is 25.1 Å². The van der Waals surface area contributed by atoms with Crippen LogP contribution < -0.4 is 5.32 Å². The molecule has 1 aliphatic rings. The van der Waals surface area contributed by atoms with Gasteiger partial charge in [0, 0.05) is 34.3 Å². The zero-order chi connectivity index (χ0) is 30.2. The van der Waals surface area contributed by atoms with Crippen molar-refractivity contribution in [2.24, 2.45) is 10.9 Å². The van der Waals surface area contributed by atoms with E-state index in [0.29, 0.717) is 39.8 Å². The monoisotopic (exact) mass is 589 g/mol. The Morgan fingerprint density at radius 3 is 2.26 bits per heavy atom. The second-order valence-corrected chi connectivity index (χ2v) is 10.7. The minimum atomic E-state index is -0.795. The first-order chi connectivity index (χ1) is 20.3. The van der Waals surface area contributed by atoms with Crippen LogP contribution in [0, 0.1) is 5.92 Å². The van der Waals surface area contributed by atoms with Gasteiger partial charge in [-0.05, 0) is 57.9 Å². The number of nitrogens with one attached hydrogen (secondary N) is 1. The van der Waals surface area contributed by atoms with Crippen molar-refractivity contribution < 1.29 is 28.6 Å². The normalized spacial score (nSPS) is 16.5. The molecule has 2 unspecified atom stereocenters. The molecule has 2 aromatic carbocycles. The summed E-state index contributed by atoms with van der Waals surface area (Å²) in [6, 6.07) is 17.3. The van der Waals surface area contributed by atoms with Crippen LogP contribution >= 0.6 is 11.3 Å². The number of nitrogens with zero attached hydrogens (tertiary/aromatic N) is 2. The van der Waals surface area contributed by atoms with E-state index < -0.39 is 29.7 Å². The SMILES string of the molecule is CCOC(=O)C1=C(C)N=C(C)C(C(=O)OCC)C1c1cccc(Nc2nc(C(=O)OCC)c(Cc3ccccc3)s2)c1. The summed E-state index contributed by atoms with van der Waals surface area (Å²) in [5, 5.41) is 3.82. The molecule has 0 fully saturated rings. The summed E-state index contributed by atoms with van der Waals surface area (Å²) in [5.41, 5.74) is 4.09. The lowest BCUT2D eigenvalue weighted by Gasteiger charge is -2.31. The average Bonchev–Trinajstić information content (AvgIpc) is 3.35. The van der Waals surface area contributed by atoms with Gasteiger partial charge in [0.2, 0.25) is 0 Å². The summed E-state index contributed by atoms with van der Waals surface area (Å²) in [6.07, 6.45) is 0.531. The predicted molar refractivity (Wildman–Crippen MR) is 162 cm³/mol. The molecule has 1 aliphatic heterocycles. The van der Waals surface area contributed by atoms with Gasteiger partial charge < -0.3 is 19.5 Å². The first kappa shape index (κ1) is 30.6. The van der Waals surface area contributed by atoms with Crippen LogP contribution in [-0.2, 0) is 30.2 Å². The van der Waals surface area contributed by atoms with Crippen molar-refractivity contribution in [2.45, 2.75) is 47.0 Å². The summed E-state index contributed by atoms with van der Waals surface area (Å²) in [7, 11) is 0. The van der Waals surface area contributed by atoms with Crippen LogP contribution in [0.25, 0.3) is 0 Å². The number of carbonyl (C=O) groups is 3. The lowest BCUT2D eigenvalue weighted by molar-refractivity contribution is -0.146. The number of benzene rings is 2. The third-order valence-corrected chi connectivity index (χ3v) is 7.71. The van der Waals surface area contributed by atoms with Crippen LogP contribution in [-0.4, -0.2) is 48.4 Å². The van der Waals surface area contributed by atoms with E-state index in [9.17, 15) is 14.4 Å². The lowest BCUT2D eigenvalue weighted by Crippen LogP contribution is -2.36. The number of anilines is 2. The Morgan fingerprint density at radius 1 is 0.881 bits per heavy atom. The lowest BCUT2D eigenvalue weighted by atomic mass is 9.75. The van der Waals surface area contributed by atoms with E-state index in [4.69, 9.17) is 14.2 Å². The Bertz CT molecular complexity index is 1510. The van der Waals surface area contributed by atoms with E-state index in [1.165, 1.54) is 11.3 Å². The van der Waals surface area contributed by atoms with E-state index in [1.54, 1.807) is 34.6 Å². The zero-order valence-electron chi connectivity index (χ0n) is 24.4. The molecular weight excluding hydrogens is 554 g/mol. The molecule has 0 aliphatic carbocycles. The Hall–Kier alpha value is -4.31. The van der Waals surface area contributed by atoms with E-state index in [2.05, 4.69) is 15.3 Å². The van der Waals surface area contributed by atoms with Gasteiger partial charge in [0.1, 0.15) is 5.92 Å². The van der Waals surface area contributed by atoms with Crippen LogP contribution in [0.5, 0.6) is 0 Å². The second-order valence-electron chi connectivity index (χ2n) is 9.60. The minimum Gasteiger partial charge on any atom is -0.465 e. The van der Waals surface area contributed by atoms with Gasteiger partial charge >= 0.3 is 17.9 Å². The standard InChI is InChI=1S/C32H35N3O6S/c1-6-39-29(36)25-19(4)33-20(5)26(30(37)40-7-2)27(25)22-15-12-16-23(18-22)34-32-35-28(31(38)41-8-3)24(42-32)17-21-13-10-9-11-14-21/h9-16,18,25,27H,6-8,17H2,1-5H3,(H,34,35). The molecule has 42 heavy (non-hydrogen) atoms. The first-order valence-corrected chi connectivity index (χ1v) is 14.8.